The van der Waals surface area contributed by atoms with E-state index in [9.17, 15) is 14.0 Å². The molecule has 4 nitrogen and oxygen atoms in total. The quantitative estimate of drug-likeness (QED) is 0.819. The van der Waals surface area contributed by atoms with Crippen molar-refractivity contribution in [1.82, 2.24) is 5.32 Å². The average Bonchev–Trinajstić information content (AvgIpc) is 3.04. The maximum Gasteiger partial charge on any atom is 0.317 e. The van der Waals surface area contributed by atoms with Crippen LogP contribution in [0.5, 0.6) is 0 Å². The molecule has 1 aliphatic carbocycles. The molecule has 1 aliphatic rings. The molecule has 0 unspecified atom stereocenters. The first-order valence-electron chi connectivity index (χ1n) is 8.24. The maximum atomic E-state index is 13.2. The summed E-state index contributed by atoms with van der Waals surface area (Å²) in [7, 11) is 0. The van der Waals surface area contributed by atoms with Crippen LogP contribution < -0.4 is 5.32 Å². The molecule has 0 heterocycles. The van der Waals surface area contributed by atoms with Crippen LogP contribution >= 0.6 is 0 Å². The molecule has 126 valence electrons. The number of hydrogen-bond acceptors (Lipinski definition) is 3. The smallest absolute Gasteiger partial charge is 0.317 e. The van der Waals surface area contributed by atoms with Gasteiger partial charge in [-0.25, -0.2) is 4.39 Å². The predicted octanol–water partition coefficient (Wildman–Crippen LogP) is 3.10. The monoisotopic (exact) mass is 321 g/mol. The van der Waals surface area contributed by atoms with E-state index in [0.717, 1.165) is 24.8 Å². The molecule has 1 amide bonds. The largest absolute Gasteiger partial charge is 0.452 e. The average molecular weight is 321 g/mol. The molecule has 0 spiro atoms. The van der Waals surface area contributed by atoms with Crippen molar-refractivity contribution in [3.05, 3.63) is 35.6 Å². The van der Waals surface area contributed by atoms with Crippen molar-refractivity contribution in [3.8, 4) is 0 Å². The van der Waals surface area contributed by atoms with Crippen LogP contribution in [0.15, 0.2) is 24.3 Å². The lowest BCUT2D eigenvalue weighted by atomic mass is 9.79. The normalized spacial score (nSPS) is 17.5. The molecule has 0 radical (unpaired) electrons. The zero-order valence-electron chi connectivity index (χ0n) is 13.7. The van der Waals surface area contributed by atoms with E-state index in [1.54, 1.807) is 19.1 Å². The number of carbonyl (C=O) groups is 2. The van der Waals surface area contributed by atoms with Gasteiger partial charge in [0.15, 0.2) is 6.10 Å². The van der Waals surface area contributed by atoms with Gasteiger partial charge in [-0.05, 0) is 43.9 Å². The van der Waals surface area contributed by atoms with E-state index in [-0.39, 0.29) is 17.7 Å². The summed E-state index contributed by atoms with van der Waals surface area (Å²) >= 11 is 0. The standard InChI is InChI=1S/C18H24FNO3/c1-3-12-20-16(21)13(2)23-17(22)18(10-4-5-11-18)14-6-8-15(19)9-7-14/h6-9,13H,3-5,10-12H2,1-2H3,(H,20,21)/t13-/m1/s1. The fourth-order valence-corrected chi connectivity index (χ4v) is 3.08. The van der Waals surface area contributed by atoms with Gasteiger partial charge >= 0.3 is 5.97 Å². The summed E-state index contributed by atoms with van der Waals surface area (Å²) in [6, 6.07) is 6.01. The fraction of sp³-hybridized carbons (Fsp3) is 0.556. The van der Waals surface area contributed by atoms with E-state index in [1.165, 1.54) is 12.1 Å². The number of carbonyl (C=O) groups excluding carboxylic acids is 2. The third-order valence-electron chi connectivity index (χ3n) is 4.45. The second-order valence-corrected chi connectivity index (χ2v) is 6.13. The first kappa shape index (κ1) is 17.4. The van der Waals surface area contributed by atoms with E-state index >= 15 is 0 Å². The highest BCUT2D eigenvalue weighted by Gasteiger charge is 2.45. The number of ether oxygens (including phenoxy) is 1. The number of nitrogens with one attached hydrogen (secondary N) is 1. The molecule has 0 aliphatic heterocycles. The van der Waals surface area contributed by atoms with Gasteiger partial charge in [0, 0.05) is 6.54 Å². The lowest BCUT2D eigenvalue weighted by molar-refractivity contribution is -0.160. The Hall–Kier alpha value is -1.91. The Morgan fingerprint density at radius 1 is 1.26 bits per heavy atom. The minimum atomic E-state index is -0.827. The highest BCUT2D eigenvalue weighted by atomic mass is 19.1. The van der Waals surface area contributed by atoms with Crippen LogP contribution in [0.3, 0.4) is 0 Å². The third-order valence-corrected chi connectivity index (χ3v) is 4.45. The molecular weight excluding hydrogens is 297 g/mol. The lowest BCUT2D eigenvalue weighted by Crippen LogP contribution is -2.42. The van der Waals surface area contributed by atoms with E-state index in [0.29, 0.717) is 19.4 Å². The fourth-order valence-electron chi connectivity index (χ4n) is 3.08. The van der Waals surface area contributed by atoms with Crippen molar-refractivity contribution in [2.45, 2.75) is 57.5 Å². The Labute approximate surface area is 136 Å². The van der Waals surface area contributed by atoms with Gasteiger partial charge in [-0.15, -0.1) is 0 Å². The van der Waals surface area contributed by atoms with Crippen molar-refractivity contribution in [2.75, 3.05) is 6.54 Å². The Balaban J connectivity index is 2.13. The topological polar surface area (TPSA) is 55.4 Å². The number of amides is 1. The summed E-state index contributed by atoms with van der Waals surface area (Å²) in [5.74, 6) is -1.00. The van der Waals surface area contributed by atoms with Crippen molar-refractivity contribution in [2.24, 2.45) is 0 Å². The molecule has 1 aromatic rings. The number of rotatable bonds is 6. The number of benzene rings is 1. The summed E-state index contributed by atoms with van der Waals surface area (Å²) in [6.07, 6.45) is 3.17. The van der Waals surface area contributed by atoms with Crippen molar-refractivity contribution >= 4 is 11.9 Å². The highest BCUT2D eigenvalue weighted by molar-refractivity contribution is 5.88. The highest BCUT2D eigenvalue weighted by Crippen LogP contribution is 2.42. The van der Waals surface area contributed by atoms with Gasteiger partial charge in [0.05, 0.1) is 5.41 Å². The van der Waals surface area contributed by atoms with Crippen LogP contribution in [0.1, 0.15) is 51.5 Å². The zero-order valence-corrected chi connectivity index (χ0v) is 13.7. The molecule has 0 saturated heterocycles. The van der Waals surface area contributed by atoms with Crippen LogP contribution in [0, 0.1) is 5.82 Å². The molecular formula is C18H24FNO3. The summed E-state index contributed by atoms with van der Waals surface area (Å²) in [5, 5.41) is 2.72. The molecule has 1 N–H and O–H groups in total. The van der Waals surface area contributed by atoms with Gasteiger partial charge in [-0.1, -0.05) is 31.9 Å². The van der Waals surface area contributed by atoms with Crippen LogP contribution in [-0.2, 0) is 19.7 Å². The summed E-state index contributed by atoms with van der Waals surface area (Å²) in [6.45, 7) is 4.10. The SMILES string of the molecule is CCCNC(=O)[C@@H](C)OC(=O)C1(c2ccc(F)cc2)CCCC1. The third kappa shape index (κ3) is 3.89. The molecule has 1 fully saturated rings. The van der Waals surface area contributed by atoms with Gasteiger partial charge in [-0.3, -0.25) is 9.59 Å². The van der Waals surface area contributed by atoms with E-state index in [1.807, 2.05) is 6.92 Å². The Morgan fingerprint density at radius 2 is 1.87 bits per heavy atom. The predicted molar refractivity (Wildman–Crippen MR) is 85.4 cm³/mol. The van der Waals surface area contributed by atoms with Gasteiger partial charge in [0.25, 0.3) is 5.91 Å². The molecule has 2 rings (SSSR count). The van der Waals surface area contributed by atoms with Crippen LogP contribution in [0.25, 0.3) is 0 Å². The van der Waals surface area contributed by atoms with Crippen LogP contribution in [0.4, 0.5) is 4.39 Å². The number of hydrogen-bond donors (Lipinski definition) is 1. The first-order chi connectivity index (χ1) is 11.0. The molecule has 5 heteroatoms. The maximum absolute atomic E-state index is 13.2. The zero-order chi connectivity index (χ0) is 16.9. The molecule has 1 atom stereocenters. The van der Waals surface area contributed by atoms with Gasteiger partial charge < -0.3 is 10.1 Å². The van der Waals surface area contributed by atoms with Crippen molar-refractivity contribution in [1.29, 1.82) is 0 Å². The number of halogens is 1. The van der Waals surface area contributed by atoms with E-state index in [2.05, 4.69) is 5.32 Å². The summed E-state index contributed by atoms with van der Waals surface area (Å²) < 4.78 is 18.6. The lowest BCUT2D eigenvalue weighted by Gasteiger charge is -2.28. The van der Waals surface area contributed by atoms with E-state index in [4.69, 9.17) is 4.74 Å². The summed E-state index contributed by atoms with van der Waals surface area (Å²) in [5.41, 5.74) is 0.00932. The van der Waals surface area contributed by atoms with Gasteiger partial charge in [0.1, 0.15) is 5.82 Å². The van der Waals surface area contributed by atoms with Gasteiger partial charge in [-0.2, -0.15) is 0 Å². The van der Waals surface area contributed by atoms with Gasteiger partial charge in [0.2, 0.25) is 0 Å². The molecule has 1 saturated carbocycles. The Kier molecular flexibility index (Phi) is 5.74. The Morgan fingerprint density at radius 3 is 2.43 bits per heavy atom. The van der Waals surface area contributed by atoms with Crippen molar-refractivity contribution < 1.29 is 18.7 Å². The van der Waals surface area contributed by atoms with E-state index < -0.39 is 11.5 Å². The van der Waals surface area contributed by atoms with Crippen LogP contribution in [-0.4, -0.2) is 24.5 Å². The molecule has 0 bridgehead atoms. The minimum Gasteiger partial charge on any atom is -0.452 e. The number of esters is 1. The first-order valence-corrected chi connectivity index (χ1v) is 8.24. The summed E-state index contributed by atoms with van der Waals surface area (Å²) in [4.78, 5) is 24.6. The molecule has 0 aromatic heterocycles. The molecule has 23 heavy (non-hydrogen) atoms. The minimum absolute atomic E-state index is 0.285. The van der Waals surface area contributed by atoms with Crippen LogP contribution in [0.2, 0.25) is 0 Å². The van der Waals surface area contributed by atoms with Crippen molar-refractivity contribution in [3.63, 3.8) is 0 Å². The molecule has 1 aromatic carbocycles. The second kappa shape index (κ2) is 7.57. The Bertz CT molecular complexity index is 550. The second-order valence-electron chi connectivity index (χ2n) is 6.13.